The molecule has 1 atom stereocenters. The lowest BCUT2D eigenvalue weighted by atomic mass is 10.1. The number of nitrogens with zero attached hydrogens (tertiary/aromatic N) is 1. The van der Waals surface area contributed by atoms with Gasteiger partial charge in [-0.1, -0.05) is 30.3 Å². The molecule has 0 N–H and O–H groups in total. The Kier molecular flexibility index (Phi) is 3.16. The van der Waals surface area contributed by atoms with Gasteiger partial charge in [0.2, 0.25) is 0 Å². The van der Waals surface area contributed by atoms with Gasteiger partial charge in [0.05, 0.1) is 0 Å². The van der Waals surface area contributed by atoms with Crippen LogP contribution in [0.5, 0.6) is 0 Å². The van der Waals surface area contributed by atoms with Crippen LogP contribution in [0.1, 0.15) is 11.6 Å². The first kappa shape index (κ1) is 11.0. The quantitative estimate of drug-likeness (QED) is 0.714. The average Bonchev–Trinajstić information content (AvgIpc) is 2.02. The van der Waals surface area contributed by atoms with Gasteiger partial charge in [-0.05, 0) is 19.7 Å². The molecule has 14 heavy (non-hydrogen) atoms. The molecule has 0 saturated carbocycles. The summed E-state index contributed by atoms with van der Waals surface area (Å²) in [5.41, 5.74) is 0.269. The van der Waals surface area contributed by atoms with E-state index in [4.69, 9.17) is 0 Å². The second-order valence-electron chi connectivity index (χ2n) is 3.32. The fourth-order valence-corrected chi connectivity index (χ4v) is 1.42. The summed E-state index contributed by atoms with van der Waals surface area (Å²) >= 11 is 0. The molecule has 1 rings (SSSR count). The molecule has 0 unspecified atom stereocenters. The highest BCUT2D eigenvalue weighted by molar-refractivity contribution is 5.20. The standard InChI is InChI=1S/C10H12F3N/c1-14(2)9(10(11,12)13)8-6-4-3-5-7-8/h3-7,9H,1-2H3/t9-/m0/s1. The van der Waals surface area contributed by atoms with Gasteiger partial charge in [-0.3, -0.25) is 4.90 Å². The van der Waals surface area contributed by atoms with E-state index in [9.17, 15) is 13.2 Å². The van der Waals surface area contributed by atoms with E-state index in [2.05, 4.69) is 0 Å². The lowest BCUT2D eigenvalue weighted by Crippen LogP contribution is -2.33. The van der Waals surface area contributed by atoms with E-state index >= 15 is 0 Å². The van der Waals surface area contributed by atoms with E-state index < -0.39 is 12.2 Å². The SMILES string of the molecule is CN(C)[C@@H](c1ccccc1)C(F)(F)F. The maximum absolute atomic E-state index is 12.6. The molecule has 4 heteroatoms. The van der Waals surface area contributed by atoms with Crippen LogP contribution in [-0.4, -0.2) is 25.2 Å². The van der Waals surface area contributed by atoms with Crippen molar-refractivity contribution in [3.63, 3.8) is 0 Å². The molecular formula is C10H12F3N. The van der Waals surface area contributed by atoms with Gasteiger partial charge in [0, 0.05) is 0 Å². The highest BCUT2D eigenvalue weighted by Crippen LogP contribution is 2.35. The van der Waals surface area contributed by atoms with Crippen molar-refractivity contribution in [2.24, 2.45) is 0 Å². The zero-order chi connectivity index (χ0) is 10.8. The summed E-state index contributed by atoms with van der Waals surface area (Å²) in [4.78, 5) is 1.16. The summed E-state index contributed by atoms with van der Waals surface area (Å²) in [6, 6.07) is 6.36. The first-order chi connectivity index (χ1) is 6.43. The molecule has 78 valence electrons. The first-order valence-corrected chi connectivity index (χ1v) is 4.21. The van der Waals surface area contributed by atoms with Gasteiger partial charge in [-0.25, -0.2) is 0 Å². The van der Waals surface area contributed by atoms with Crippen molar-refractivity contribution in [1.29, 1.82) is 0 Å². The van der Waals surface area contributed by atoms with Crippen LogP contribution in [0.3, 0.4) is 0 Å². The molecule has 0 fully saturated rings. The summed E-state index contributed by atoms with van der Waals surface area (Å²) in [5, 5.41) is 0. The summed E-state index contributed by atoms with van der Waals surface area (Å²) < 4.78 is 37.8. The predicted octanol–water partition coefficient (Wildman–Crippen LogP) is 2.85. The van der Waals surface area contributed by atoms with Gasteiger partial charge in [-0.2, -0.15) is 13.2 Å². The Morgan fingerprint density at radius 3 is 1.93 bits per heavy atom. The molecule has 0 amide bonds. The largest absolute Gasteiger partial charge is 0.408 e. The minimum absolute atomic E-state index is 0.269. The van der Waals surface area contributed by atoms with Crippen molar-refractivity contribution >= 4 is 0 Å². The average molecular weight is 203 g/mol. The summed E-state index contributed by atoms with van der Waals surface area (Å²) in [6.07, 6.45) is -4.23. The van der Waals surface area contributed by atoms with E-state index in [0.717, 1.165) is 4.90 Å². The van der Waals surface area contributed by atoms with Gasteiger partial charge in [0.25, 0.3) is 0 Å². The molecule has 0 aliphatic heterocycles. The van der Waals surface area contributed by atoms with Crippen molar-refractivity contribution in [2.75, 3.05) is 14.1 Å². The van der Waals surface area contributed by atoms with Crippen LogP contribution in [0.15, 0.2) is 30.3 Å². The molecule has 0 aliphatic rings. The number of alkyl halides is 3. The first-order valence-electron chi connectivity index (χ1n) is 4.21. The van der Waals surface area contributed by atoms with Crippen molar-refractivity contribution in [1.82, 2.24) is 4.90 Å². The third kappa shape index (κ3) is 2.48. The van der Waals surface area contributed by atoms with Crippen molar-refractivity contribution < 1.29 is 13.2 Å². The third-order valence-electron chi connectivity index (χ3n) is 1.94. The number of hydrogen-bond donors (Lipinski definition) is 0. The van der Waals surface area contributed by atoms with Gasteiger partial charge in [0.15, 0.2) is 0 Å². The summed E-state index contributed by atoms with van der Waals surface area (Å²) in [7, 11) is 2.84. The Bertz CT molecular complexity index is 279. The third-order valence-corrected chi connectivity index (χ3v) is 1.94. The number of benzene rings is 1. The van der Waals surface area contributed by atoms with Crippen LogP contribution >= 0.6 is 0 Å². The Balaban J connectivity index is 3.02. The predicted molar refractivity (Wildman–Crippen MR) is 48.9 cm³/mol. The Labute approximate surface area is 81.1 Å². The Morgan fingerprint density at radius 1 is 1.07 bits per heavy atom. The van der Waals surface area contributed by atoms with Gasteiger partial charge in [-0.15, -0.1) is 0 Å². The van der Waals surface area contributed by atoms with E-state index in [0.29, 0.717) is 0 Å². The Hall–Kier alpha value is -1.03. The highest BCUT2D eigenvalue weighted by atomic mass is 19.4. The fourth-order valence-electron chi connectivity index (χ4n) is 1.42. The van der Waals surface area contributed by atoms with Gasteiger partial charge < -0.3 is 0 Å². The molecule has 0 saturated heterocycles. The topological polar surface area (TPSA) is 3.24 Å². The van der Waals surface area contributed by atoms with Crippen molar-refractivity contribution in [2.45, 2.75) is 12.2 Å². The molecule has 0 heterocycles. The second kappa shape index (κ2) is 4.00. The summed E-state index contributed by atoms with van der Waals surface area (Å²) in [6.45, 7) is 0. The molecule has 0 aliphatic carbocycles. The lowest BCUT2D eigenvalue weighted by molar-refractivity contribution is -0.179. The van der Waals surface area contributed by atoms with E-state index in [1.165, 1.54) is 26.2 Å². The number of rotatable bonds is 2. The summed E-state index contributed by atoms with van der Waals surface area (Å²) in [5.74, 6) is 0. The molecule has 1 aromatic carbocycles. The zero-order valence-corrected chi connectivity index (χ0v) is 8.05. The minimum atomic E-state index is -4.23. The monoisotopic (exact) mass is 203 g/mol. The molecule has 1 aromatic rings. The number of hydrogen-bond acceptors (Lipinski definition) is 1. The number of halogens is 3. The van der Waals surface area contributed by atoms with E-state index in [1.54, 1.807) is 18.2 Å². The van der Waals surface area contributed by atoms with Gasteiger partial charge >= 0.3 is 6.18 Å². The highest BCUT2D eigenvalue weighted by Gasteiger charge is 2.42. The van der Waals surface area contributed by atoms with Crippen LogP contribution in [0.2, 0.25) is 0 Å². The molecule has 0 bridgehead atoms. The van der Waals surface area contributed by atoms with Crippen LogP contribution in [0.4, 0.5) is 13.2 Å². The molecule has 0 radical (unpaired) electrons. The van der Waals surface area contributed by atoms with E-state index in [-0.39, 0.29) is 5.56 Å². The van der Waals surface area contributed by atoms with Gasteiger partial charge in [0.1, 0.15) is 6.04 Å². The second-order valence-corrected chi connectivity index (χ2v) is 3.32. The minimum Gasteiger partial charge on any atom is -0.295 e. The Morgan fingerprint density at radius 2 is 1.57 bits per heavy atom. The molecule has 0 aromatic heterocycles. The van der Waals surface area contributed by atoms with Crippen LogP contribution < -0.4 is 0 Å². The smallest absolute Gasteiger partial charge is 0.295 e. The zero-order valence-electron chi connectivity index (χ0n) is 8.05. The van der Waals surface area contributed by atoms with Crippen LogP contribution in [0, 0.1) is 0 Å². The molecular weight excluding hydrogens is 191 g/mol. The van der Waals surface area contributed by atoms with Crippen LogP contribution in [0.25, 0.3) is 0 Å². The molecule has 0 spiro atoms. The van der Waals surface area contributed by atoms with Crippen LogP contribution in [-0.2, 0) is 0 Å². The van der Waals surface area contributed by atoms with Crippen molar-refractivity contribution in [3.05, 3.63) is 35.9 Å². The maximum atomic E-state index is 12.6. The molecule has 1 nitrogen and oxygen atoms in total. The lowest BCUT2D eigenvalue weighted by Gasteiger charge is -2.26. The maximum Gasteiger partial charge on any atom is 0.408 e. The van der Waals surface area contributed by atoms with E-state index in [1.807, 2.05) is 0 Å². The normalized spacial score (nSPS) is 14.4. The van der Waals surface area contributed by atoms with Crippen molar-refractivity contribution in [3.8, 4) is 0 Å². The fraction of sp³-hybridized carbons (Fsp3) is 0.400.